The fourth-order valence-corrected chi connectivity index (χ4v) is 1.88. The Bertz CT molecular complexity index is 124. The molecule has 0 saturated carbocycles. The largest absolute Gasteiger partial charge is 0.0880 e. The minimum atomic E-state index is 0.902. The molecule has 0 spiro atoms. The molecular formula is C11H20. The predicted octanol–water partition coefficient (Wildman–Crippen LogP) is 3.78. The normalized spacial score (nSPS) is 30.7. The summed E-state index contributed by atoms with van der Waals surface area (Å²) in [6, 6.07) is 0. The lowest BCUT2D eigenvalue weighted by Gasteiger charge is -2.21. The highest BCUT2D eigenvalue weighted by Gasteiger charge is 2.12. The Hall–Kier alpha value is -0.260. The SMILES string of the molecule is CCCCC1C=CCC(C)C1. The van der Waals surface area contributed by atoms with Gasteiger partial charge in [0.05, 0.1) is 0 Å². The van der Waals surface area contributed by atoms with Crippen LogP contribution in [0.25, 0.3) is 0 Å². The van der Waals surface area contributed by atoms with Gasteiger partial charge >= 0.3 is 0 Å². The van der Waals surface area contributed by atoms with E-state index in [4.69, 9.17) is 0 Å². The Morgan fingerprint density at radius 1 is 1.45 bits per heavy atom. The third-order valence-corrected chi connectivity index (χ3v) is 2.58. The van der Waals surface area contributed by atoms with E-state index in [0.717, 1.165) is 11.8 Å². The van der Waals surface area contributed by atoms with Crippen LogP contribution in [0.1, 0.15) is 46.0 Å². The summed E-state index contributed by atoms with van der Waals surface area (Å²) >= 11 is 0. The minimum absolute atomic E-state index is 0.902. The minimum Gasteiger partial charge on any atom is -0.0880 e. The van der Waals surface area contributed by atoms with Gasteiger partial charge in [0.2, 0.25) is 0 Å². The van der Waals surface area contributed by atoms with Crippen LogP contribution in [0, 0.1) is 11.8 Å². The van der Waals surface area contributed by atoms with Gasteiger partial charge in [-0.15, -0.1) is 0 Å². The number of unbranched alkanes of at least 4 members (excludes halogenated alkanes) is 1. The van der Waals surface area contributed by atoms with Gasteiger partial charge in [-0.25, -0.2) is 0 Å². The third kappa shape index (κ3) is 3.09. The highest BCUT2D eigenvalue weighted by molar-refractivity contribution is 4.94. The van der Waals surface area contributed by atoms with Crippen LogP contribution in [0.4, 0.5) is 0 Å². The molecule has 0 amide bonds. The first-order chi connectivity index (χ1) is 5.33. The number of rotatable bonds is 3. The van der Waals surface area contributed by atoms with E-state index in [1.807, 2.05) is 0 Å². The van der Waals surface area contributed by atoms with Gasteiger partial charge in [0.15, 0.2) is 0 Å². The maximum absolute atomic E-state index is 2.43. The lowest BCUT2D eigenvalue weighted by molar-refractivity contribution is 0.400. The van der Waals surface area contributed by atoms with Crippen LogP contribution < -0.4 is 0 Å². The zero-order chi connectivity index (χ0) is 8.10. The first kappa shape index (κ1) is 8.83. The fourth-order valence-electron chi connectivity index (χ4n) is 1.88. The smallest absolute Gasteiger partial charge is 0.0231 e. The van der Waals surface area contributed by atoms with Crippen LogP contribution in [0.3, 0.4) is 0 Å². The predicted molar refractivity (Wildman–Crippen MR) is 50.6 cm³/mol. The van der Waals surface area contributed by atoms with Crippen molar-refractivity contribution in [3.05, 3.63) is 12.2 Å². The Balaban J connectivity index is 2.23. The van der Waals surface area contributed by atoms with Gasteiger partial charge in [0, 0.05) is 0 Å². The molecule has 0 aliphatic heterocycles. The second-order valence-electron chi connectivity index (χ2n) is 3.91. The highest BCUT2D eigenvalue weighted by atomic mass is 14.2. The summed E-state index contributed by atoms with van der Waals surface area (Å²) in [5, 5.41) is 0. The van der Waals surface area contributed by atoms with Crippen LogP contribution in [0.2, 0.25) is 0 Å². The van der Waals surface area contributed by atoms with Crippen molar-refractivity contribution in [3.8, 4) is 0 Å². The van der Waals surface area contributed by atoms with Crippen molar-refractivity contribution < 1.29 is 0 Å². The first-order valence-corrected chi connectivity index (χ1v) is 4.99. The van der Waals surface area contributed by atoms with E-state index < -0.39 is 0 Å². The molecule has 1 aliphatic rings. The molecule has 11 heavy (non-hydrogen) atoms. The quantitative estimate of drug-likeness (QED) is 0.540. The number of allylic oxidation sites excluding steroid dienone is 2. The van der Waals surface area contributed by atoms with E-state index >= 15 is 0 Å². The zero-order valence-corrected chi connectivity index (χ0v) is 7.84. The molecule has 0 aromatic carbocycles. The molecule has 2 unspecified atom stereocenters. The van der Waals surface area contributed by atoms with Crippen molar-refractivity contribution in [1.29, 1.82) is 0 Å². The Labute approximate surface area is 70.7 Å². The Morgan fingerprint density at radius 2 is 2.27 bits per heavy atom. The van der Waals surface area contributed by atoms with Gasteiger partial charge in [-0.2, -0.15) is 0 Å². The average molecular weight is 152 g/mol. The van der Waals surface area contributed by atoms with Gasteiger partial charge in [-0.3, -0.25) is 0 Å². The van der Waals surface area contributed by atoms with Crippen LogP contribution in [-0.2, 0) is 0 Å². The Morgan fingerprint density at radius 3 is 2.91 bits per heavy atom. The van der Waals surface area contributed by atoms with Gasteiger partial charge < -0.3 is 0 Å². The number of hydrogen-bond acceptors (Lipinski definition) is 0. The molecule has 2 atom stereocenters. The first-order valence-electron chi connectivity index (χ1n) is 4.99. The van der Waals surface area contributed by atoms with Crippen LogP contribution in [-0.4, -0.2) is 0 Å². The lowest BCUT2D eigenvalue weighted by atomic mass is 9.85. The molecule has 0 nitrogen and oxygen atoms in total. The molecular weight excluding hydrogens is 132 g/mol. The molecule has 64 valence electrons. The Kier molecular flexibility index (Phi) is 3.68. The van der Waals surface area contributed by atoms with E-state index in [0.29, 0.717) is 0 Å². The molecule has 0 radical (unpaired) electrons. The number of hydrogen-bond donors (Lipinski definition) is 0. The molecule has 1 aliphatic carbocycles. The summed E-state index contributed by atoms with van der Waals surface area (Å²) in [6.07, 6.45) is 11.7. The fraction of sp³-hybridized carbons (Fsp3) is 0.818. The molecule has 0 N–H and O–H groups in total. The molecule has 0 fully saturated rings. The van der Waals surface area contributed by atoms with E-state index in [1.54, 1.807) is 0 Å². The summed E-state index contributed by atoms with van der Waals surface area (Å²) in [6.45, 7) is 4.64. The van der Waals surface area contributed by atoms with E-state index in [9.17, 15) is 0 Å². The van der Waals surface area contributed by atoms with E-state index in [-0.39, 0.29) is 0 Å². The monoisotopic (exact) mass is 152 g/mol. The third-order valence-electron chi connectivity index (χ3n) is 2.58. The van der Waals surface area contributed by atoms with Gasteiger partial charge in [-0.1, -0.05) is 38.8 Å². The van der Waals surface area contributed by atoms with E-state index in [1.165, 1.54) is 32.1 Å². The molecule has 0 heteroatoms. The summed E-state index contributed by atoms with van der Waals surface area (Å²) in [4.78, 5) is 0. The van der Waals surface area contributed by atoms with Gasteiger partial charge in [0.25, 0.3) is 0 Å². The summed E-state index contributed by atoms with van der Waals surface area (Å²) in [5.74, 6) is 1.83. The maximum Gasteiger partial charge on any atom is -0.0231 e. The van der Waals surface area contributed by atoms with Crippen molar-refractivity contribution in [2.24, 2.45) is 11.8 Å². The highest BCUT2D eigenvalue weighted by Crippen LogP contribution is 2.26. The zero-order valence-electron chi connectivity index (χ0n) is 7.84. The van der Waals surface area contributed by atoms with Crippen molar-refractivity contribution in [3.63, 3.8) is 0 Å². The second-order valence-corrected chi connectivity index (χ2v) is 3.91. The summed E-state index contributed by atoms with van der Waals surface area (Å²) in [7, 11) is 0. The van der Waals surface area contributed by atoms with Crippen molar-refractivity contribution in [1.82, 2.24) is 0 Å². The van der Waals surface area contributed by atoms with Gasteiger partial charge in [0.1, 0.15) is 0 Å². The molecule has 1 rings (SSSR count). The van der Waals surface area contributed by atoms with Crippen LogP contribution >= 0.6 is 0 Å². The topological polar surface area (TPSA) is 0 Å². The van der Waals surface area contributed by atoms with Crippen LogP contribution in [0.15, 0.2) is 12.2 Å². The summed E-state index contributed by atoms with van der Waals surface area (Å²) in [5.41, 5.74) is 0. The summed E-state index contributed by atoms with van der Waals surface area (Å²) < 4.78 is 0. The maximum atomic E-state index is 2.43. The van der Waals surface area contributed by atoms with Gasteiger partial charge in [-0.05, 0) is 31.1 Å². The van der Waals surface area contributed by atoms with E-state index in [2.05, 4.69) is 26.0 Å². The second kappa shape index (κ2) is 4.58. The van der Waals surface area contributed by atoms with Crippen LogP contribution in [0.5, 0.6) is 0 Å². The molecule has 0 bridgehead atoms. The van der Waals surface area contributed by atoms with Crippen molar-refractivity contribution in [2.75, 3.05) is 0 Å². The molecule has 0 aromatic heterocycles. The molecule has 0 heterocycles. The standard InChI is InChI=1S/C11H20/c1-3-4-7-11-8-5-6-10(2)9-11/h5,8,10-11H,3-4,6-7,9H2,1-2H3. The van der Waals surface area contributed by atoms with Crippen molar-refractivity contribution in [2.45, 2.75) is 46.0 Å². The molecule has 0 aromatic rings. The van der Waals surface area contributed by atoms with Crippen molar-refractivity contribution >= 4 is 0 Å². The lowest BCUT2D eigenvalue weighted by Crippen LogP contribution is -2.07. The average Bonchev–Trinajstić information content (AvgIpc) is 2.01. The molecule has 0 saturated heterocycles.